The summed E-state index contributed by atoms with van der Waals surface area (Å²) in [6, 6.07) is 14.4. The number of carbonyl (C=O) groups is 1. The summed E-state index contributed by atoms with van der Waals surface area (Å²) in [6.45, 7) is -0.716. The molecule has 0 aliphatic carbocycles. The smallest absolute Gasteiger partial charge is 0.249 e. The van der Waals surface area contributed by atoms with E-state index < -0.39 is 47.1 Å². The molecule has 0 fully saturated rings. The Morgan fingerprint density at radius 1 is 0.806 bits per heavy atom. The molecule has 0 bridgehead atoms. The molecule has 36 heavy (non-hydrogen) atoms. The summed E-state index contributed by atoms with van der Waals surface area (Å²) >= 11 is 12.3. The van der Waals surface area contributed by atoms with Crippen molar-refractivity contribution in [3.05, 3.63) is 105 Å². The number of amides is 1. The average Bonchev–Trinajstić information content (AvgIpc) is 3.16. The van der Waals surface area contributed by atoms with Crippen LogP contribution in [0.3, 0.4) is 0 Å². The normalized spacial score (nSPS) is 11.5. The fraction of sp³-hybridized carbons (Fsp3) is 0.0385. The van der Waals surface area contributed by atoms with Gasteiger partial charge in [0, 0.05) is 37.5 Å². The number of carbonyl (C=O) groups excluding carboxylic acids is 1. The molecule has 2 N–H and O–H groups in total. The highest BCUT2D eigenvalue weighted by Crippen LogP contribution is 2.38. The quantitative estimate of drug-likeness (QED) is 0.144. The topological polar surface area (TPSA) is 48.0 Å². The summed E-state index contributed by atoms with van der Waals surface area (Å²) in [5.74, 6) is -11.0. The highest BCUT2D eigenvalue weighted by atomic mass is 35.5. The van der Waals surface area contributed by atoms with Crippen molar-refractivity contribution in [2.45, 2.75) is 6.54 Å². The first-order valence-corrected chi connectivity index (χ1v) is 11.2. The van der Waals surface area contributed by atoms with Gasteiger partial charge in [-0.05, 0) is 35.9 Å². The molecule has 3 nitrogen and oxygen atoms in total. The predicted molar refractivity (Wildman–Crippen MR) is 129 cm³/mol. The van der Waals surface area contributed by atoms with Gasteiger partial charge in [0.1, 0.15) is 0 Å². The van der Waals surface area contributed by atoms with Crippen molar-refractivity contribution in [1.29, 1.82) is 0 Å². The van der Waals surface area contributed by atoms with Gasteiger partial charge in [0.05, 0.1) is 17.6 Å². The zero-order valence-electron chi connectivity index (χ0n) is 18.0. The van der Waals surface area contributed by atoms with E-state index in [9.17, 15) is 26.7 Å². The molecule has 0 saturated carbocycles. The van der Waals surface area contributed by atoms with Crippen LogP contribution in [0, 0.1) is 29.1 Å². The number of primary amides is 1. The van der Waals surface area contributed by atoms with Gasteiger partial charge in [-0.3, -0.25) is 4.79 Å². The van der Waals surface area contributed by atoms with E-state index in [2.05, 4.69) is 0 Å². The minimum absolute atomic E-state index is 0.130. The Hall–Kier alpha value is -3.62. The second-order valence-corrected chi connectivity index (χ2v) is 8.90. The third kappa shape index (κ3) is 3.68. The third-order valence-electron chi connectivity index (χ3n) is 6.02. The van der Waals surface area contributed by atoms with Crippen LogP contribution in [0.5, 0.6) is 0 Å². The molecule has 0 aliphatic rings. The van der Waals surface area contributed by atoms with Crippen molar-refractivity contribution in [3.63, 3.8) is 0 Å². The van der Waals surface area contributed by atoms with Gasteiger partial charge in [0.2, 0.25) is 11.7 Å². The van der Waals surface area contributed by atoms with Crippen LogP contribution in [-0.2, 0) is 6.54 Å². The van der Waals surface area contributed by atoms with Crippen LogP contribution >= 0.6 is 23.2 Å². The van der Waals surface area contributed by atoms with Gasteiger partial charge in [0.25, 0.3) is 0 Å². The molecule has 4 aromatic carbocycles. The molecule has 0 radical (unpaired) electrons. The lowest BCUT2D eigenvalue weighted by Gasteiger charge is -2.12. The molecule has 0 saturated heterocycles. The molecule has 0 aliphatic heterocycles. The molecule has 182 valence electrons. The predicted octanol–water partition coefficient (Wildman–Crippen LogP) is 7.61. The van der Waals surface area contributed by atoms with E-state index in [0.29, 0.717) is 43.0 Å². The molecule has 0 atom stereocenters. The van der Waals surface area contributed by atoms with Crippen LogP contribution in [0.1, 0.15) is 15.9 Å². The van der Waals surface area contributed by atoms with Crippen molar-refractivity contribution >= 4 is 50.9 Å². The van der Waals surface area contributed by atoms with Crippen molar-refractivity contribution in [3.8, 4) is 11.1 Å². The van der Waals surface area contributed by atoms with Gasteiger partial charge in [0.15, 0.2) is 23.3 Å². The zero-order valence-corrected chi connectivity index (χ0v) is 19.5. The van der Waals surface area contributed by atoms with Crippen LogP contribution in [0.25, 0.3) is 32.9 Å². The number of aromatic nitrogens is 1. The van der Waals surface area contributed by atoms with Gasteiger partial charge in [-0.2, -0.15) is 0 Å². The van der Waals surface area contributed by atoms with Gasteiger partial charge < -0.3 is 10.3 Å². The van der Waals surface area contributed by atoms with Crippen molar-refractivity contribution < 1.29 is 26.7 Å². The second-order valence-electron chi connectivity index (χ2n) is 8.05. The Morgan fingerprint density at radius 3 is 2.11 bits per heavy atom. The highest BCUT2D eigenvalue weighted by Gasteiger charge is 2.27. The molecule has 1 amide bonds. The van der Waals surface area contributed by atoms with Crippen molar-refractivity contribution in [2.75, 3.05) is 0 Å². The summed E-state index contributed by atoms with van der Waals surface area (Å²) in [5, 5.41) is 1.60. The number of rotatable bonds is 4. The van der Waals surface area contributed by atoms with Crippen LogP contribution in [0.4, 0.5) is 22.0 Å². The van der Waals surface area contributed by atoms with Gasteiger partial charge >= 0.3 is 0 Å². The number of hydrogen-bond acceptors (Lipinski definition) is 1. The summed E-state index contributed by atoms with van der Waals surface area (Å²) in [7, 11) is 0. The Balaban J connectivity index is 1.85. The van der Waals surface area contributed by atoms with Crippen LogP contribution < -0.4 is 5.73 Å². The lowest BCUT2D eigenvalue weighted by Crippen LogP contribution is -2.12. The van der Waals surface area contributed by atoms with E-state index >= 15 is 0 Å². The summed E-state index contributed by atoms with van der Waals surface area (Å²) in [4.78, 5) is 12.1. The minimum Gasteiger partial charge on any atom is -0.366 e. The number of fused-ring (bicyclic) bond motifs is 3. The molecule has 10 heteroatoms. The Kier molecular flexibility index (Phi) is 5.89. The number of nitrogens with two attached hydrogens (primary N) is 1. The Labute approximate surface area is 210 Å². The van der Waals surface area contributed by atoms with E-state index in [4.69, 9.17) is 28.9 Å². The van der Waals surface area contributed by atoms with E-state index in [1.54, 1.807) is 36.4 Å². The Morgan fingerprint density at radius 2 is 1.47 bits per heavy atom. The SMILES string of the molecule is NC(=O)c1cccc2c1c1ccc(-c3ccc(Cl)cc3Cl)cc1n2Cc1c(F)c(F)c(F)c(F)c1F. The highest BCUT2D eigenvalue weighted by molar-refractivity contribution is 6.36. The van der Waals surface area contributed by atoms with Gasteiger partial charge in [-0.15, -0.1) is 0 Å². The van der Waals surface area contributed by atoms with E-state index in [1.807, 2.05) is 0 Å². The first kappa shape index (κ1) is 24.1. The minimum atomic E-state index is -2.24. The number of nitrogens with zero attached hydrogens (tertiary/aromatic N) is 1. The first-order valence-electron chi connectivity index (χ1n) is 10.4. The molecular weight excluding hydrogens is 522 g/mol. The molecule has 1 heterocycles. The van der Waals surface area contributed by atoms with Gasteiger partial charge in [-0.25, -0.2) is 22.0 Å². The standard InChI is InChI=1S/C26H13Cl2F5N2O/c27-12-5-7-13(17(28)9-12)11-4-6-14-19(8-11)35(18-3-1-2-15(20(14)18)26(34)36)10-16-21(29)23(31)25(33)24(32)22(16)30/h1-9H,10H2,(H2,34,36). The van der Waals surface area contributed by atoms with Gasteiger partial charge in [-0.1, -0.05) is 47.5 Å². The number of hydrogen-bond donors (Lipinski definition) is 1. The monoisotopic (exact) mass is 534 g/mol. The summed E-state index contributed by atoms with van der Waals surface area (Å²) < 4.78 is 72.1. The first-order chi connectivity index (χ1) is 17.1. The maximum Gasteiger partial charge on any atom is 0.249 e. The molecule has 0 unspecified atom stereocenters. The molecule has 5 aromatic rings. The molecular formula is C26H13Cl2F5N2O. The number of halogens is 7. The maximum absolute atomic E-state index is 14.6. The molecule has 0 spiro atoms. The summed E-state index contributed by atoms with van der Waals surface area (Å²) in [5.41, 5.74) is 6.50. The largest absolute Gasteiger partial charge is 0.366 e. The lowest BCUT2D eigenvalue weighted by molar-refractivity contribution is 0.100. The lowest BCUT2D eigenvalue weighted by atomic mass is 10.0. The van der Waals surface area contributed by atoms with Crippen LogP contribution in [0.2, 0.25) is 10.0 Å². The molecule has 5 rings (SSSR count). The fourth-order valence-electron chi connectivity index (χ4n) is 4.36. The van der Waals surface area contributed by atoms with E-state index in [1.165, 1.54) is 22.8 Å². The van der Waals surface area contributed by atoms with Crippen molar-refractivity contribution in [1.82, 2.24) is 4.57 Å². The average molecular weight is 535 g/mol. The number of benzene rings is 4. The molecule has 1 aromatic heterocycles. The van der Waals surface area contributed by atoms with Crippen molar-refractivity contribution in [2.24, 2.45) is 5.73 Å². The zero-order chi connectivity index (χ0) is 25.9. The maximum atomic E-state index is 14.6. The summed E-state index contributed by atoms with van der Waals surface area (Å²) in [6.07, 6.45) is 0. The van der Waals surface area contributed by atoms with Crippen LogP contribution in [-0.4, -0.2) is 10.5 Å². The Bertz CT molecular complexity index is 1700. The van der Waals surface area contributed by atoms with E-state index in [-0.39, 0.29) is 5.56 Å². The second kappa shape index (κ2) is 8.80. The van der Waals surface area contributed by atoms with E-state index in [0.717, 1.165) is 0 Å². The van der Waals surface area contributed by atoms with Crippen LogP contribution in [0.15, 0.2) is 54.6 Å². The third-order valence-corrected chi connectivity index (χ3v) is 6.56. The fourth-order valence-corrected chi connectivity index (χ4v) is 4.88.